The van der Waals surface area contributed by atoms with E-state index in [9.17, 15) is 18.0 Å². The molecule has 0 aromatic heterocycles. The van der Waals surface area contributed by atoms with Gasteiger partial charge in [-0.15, -0.1) is 0 Å². The lowest BCUT2D eigenvalue weighted by molar-refractivity contribution is -0.00271. The van der Waals surface area contributed by atoms with Crippen LogP contribution in [0.25, 0.3) is 0 Å². The first-order valence-corrected chi connectivity index (χ1v) is 4.99. The zero-order valence-electron chi connectivity index (χ0n) is 8.46. The molecular weight excluding hydrogens is 259 g/mol. The van der Waals surface area contributed by atoms with Crippen molar-refractivity contribution in [3.05, 3.63) is 34.6 Å². The van der Waals surface area contributed by atoms with Crippen LogP contribution in [-0.4, -0.2) is 30.1 Å². The Balaban J connectivity index is 2.71. The maximum atomic E-state index is 13.2. The minimum Gasteiger partial charge on any atom is -0.385 e. The molecule has 0 aliphatic rings. The molecule has 0 aliphatic carbocycles. The standard InChI is InChI=1S/C10H9ClF3NO2/c11-5-2-1-3-6(12)8(5)10(17)15-4-7(16)9(13)14/h1-3,7,9,16H,4H2,(H,15,17). The fraction of sp³-hybridized carbons (Fsp3) is 0.300. The Bertz CT molecular complexity index is 394. The van der Waals surface area contributed by atoms with Crippen LogP contribution in [0.5, 0.6) is 0 Å². The second-order valence-corrected chi connectivity index (χ2v) is 3.62. The third-order valence-electron chi connectivity index (χ3n) is 1.95. The summed E-state index contributed by atoms with van der Waals surface area (Å²) in [4.78, 5) is 11.4. The van der Waals surface area contributed by atoms with Crippen molar-refractivity contribution in [2.24, 2.45) is 0 Å². The third-order valence-corrected chi connectivity index (χ3v) is 2.27. The average Bonchev–Trinajstić information content (AvgIpc) is 2.25. The maximum Gasteiger partial charge on any atom is 0.265 e. The second kappa shape index (κ2) is 5.88. The van der Waals surface area contributed by atoms with Crippen LogP contribution in [0, 0.1) is 5.82 Å². The summed E-state index contributed by atoms with van der Waals surface area (Å²) in [6.07, 6.45) is -4.98. The molecule has 0 spiro atoms. The minimum absolute atomic E-state index is 0.131. The molecule has 1 aromatic carbocycles. The third kappa shape index (κ3) is 3.61. The first-order chi connectivity index (χ1) is 7.93. The molecule has 17 heavy (non-hydrogen) atoms. The Morgan fingerprint density at radius 1 is 1.47 bits per heavy atom. The predicted octanol–water partition coefficient (Wildman–Crippen LogP) is 1.83. The molecule has 1 amide bonds. The number of benzene rings is 1. The van der Waals surface area contributed by atoms with Gasteiger partial charge in [-0.3, -0.25) is 4.79 Å². The molecule has 1 rings (SSSR count). The molecule has 0 bridgehead atoms. The van der Waals surface area contributed by atoms with E-state index in [0.717, 1.165) is 6.07 Å². The number of hydrogen-bond acceptors (Lipinski definition) is 2. The van der Waals surface area contributed by atoms with Crippen molar-refractivity contribution >= 4 is 17.5 Å². The van der Waals surface area contributed by atoms with Gasteiger partial charge in [-0.05, 0) is 12.1 Å². The molecule has 0 saturated heterocycles. The normalized spacial score (nSPS) is 12.6. The minimum atomic E-state index is -2.98. The summed E-state index contributed by atoms with van der Waals surface area (Å²) >= 11 is 5.59. The molecule has 0 fully saturated rings. The summed E-state index contributed by atoms with van der Waals surface area (Å²) in [5.74, 6) is -1.81. The number of carbonyl (C=O) groups is 1. The van der Waals surface area contributed by atoms with Crippen molar-refractivity contribution in [2.75, 3.05) is 6.54 Å². The van der Waals surface area contributed by atoms with Gasteiger partial charge in [0.1, 0.15) is 11.9 Å². The number of carbonyl (C=O) groups excluding carboxylic acids is 1. The van der Waals surface area contributed by atoms with E-state index in [4.69, 9.17) is 16.7 Å². The van der Waals surface area contributed by atoms with Crippen molar-refractivity contribution in [3.63, 3.8) is 0 Å². The number of amides is 1. The molecule has 0 radical (unpaired) electrons. The second-order valence-electron chi connectivity index (χ2n) is 3.21. The van der Waals surface area contributed by atoms with E-state index in [1.54, 1.807) is 0 Å². The van der Waals surface area contributed by atoms with Gasteiger partial charge in [-0.1, -0.05) is 17.7 Å². The van der Waals surface area contributed by atoms with E-state index < -0.39 is 36.4 Å². The number of halogens is 4. The van der Waals surface area contributed by atoms with Gasteiger partial charge in [-0.25, -0.2) is 13.2 Å². The molecule has 0 saturated carbocycles. The first-order valence-electron chi connectivity index (χ1n) is 4.62. The lowest BCUT2D eigenvalue weighted by Gasteiger charge is -2.11. The number of hydrogen-bond donors (Lipinski definition) is 2. The molecular formula is C10H9ClF3NO2. The maximum absolute atomic E-state index is 13.2. The van der Waals surface area contributed by atoms with Gasteiger partial charge in [0.15, 0.2) is 0 Å². The molecule has 2 N–H and O–H groups in total. The fourth-order valence-corrected chi connectivity index (χ4v) is 1.34. The summed E-state index contributed by atoms with van der Waals surface area (Å²) < 4.78 is 37.1. The first kappa shape index (κ1) is 13.8. The largest absolute Gasteiger partial charge is 0.385 e. The zero-order chi connectivity index (χ0) is 13.0. The molecule has 7 heteroatoms. The topological polar surface area (TPSA) is 49.3 Å². The number of alkyl halides is 2. The zero-order valence-corrected chi connectivity index (χ0v) is 9.22. The van der Waals surface area contributed by atoms with Crippen molar-refractivity contribution in [2.45, 2.75) is 12.5 Å². The molecule has 1 aromatic rings. The smallest absolute Gasteiger partial charge is 0.265 e. The van der Waals surface area contributed by atoms with Crippen molar-refractivity contribution in [1.82, 2.24) is 5.32 Å². The van der Waals surface area contributed by atoms with Gasteiger partial charge in [0.25, 0.3) is 12.3 Å². The van der Waals surface area contributed by atoms with E-state index in [0.29, 0.717) is 0 Å². The molecule has 0 aliphatic heterocycles. The fourth-order valence-electron chi connectivity index (χ4n) is 1.09. The molecule has 3 nitrogen and oxygen atoms in total. The monoisotopic (exact) mass is 267 g/mol. The van der Waals surface area contributed by atoms with Crippen LogP contribution < -0.4 is 5.32 Å². The predicted molar refractivity (Wildman–Crippen MR) is 55.8 cm³/mol. The van der Waals surface area contributed by atoms with Crippen LogP contribution in [0.2, 0.25) is 5.02 Å². The highest BCUT2D eigenvalue weighted by molar-refractivity contribution is 6.33. The molecule has 0 heterocycles. The SMILES string of the molecule is O=C(NCC(O)C(F)F)c1c(F)cccc1Cl. The number of rotatable bonds is 4. The summed E-state index contributed by atoms with van der Waals surface area (Å²) in [7, 11) is 0. The van der Waals surface area contributed by atoms with Crippen LogP contribution in [0.4, 0.5) is 13.2 Å². The Labute approximate surface area is 100 Å². The summed E-state index contributed by atoms with van der Waals surface area (Å²) in [6, 6.07) is 3.62. The van der Waals surface area contributed by atoms with E-state index in [1.165, 1.54) is 12.1 Å². The summed E-state index contributed by atoms with van der Waals surface area (Å²) in [6.45, 7) is -0.679. The highest BCUT2D eigenvalue weighted by Crippen LogP contribution is 2.18. The van der Waals surface area contributed by atoms with Crippen molar-refractivity contribution < 1.29 is 23.1 Å². The Kier molecular flexibility index (Phi) is 4.77. The van der Waals surface area contributed by atoms with Gasteiger partial charge in [0.05, 0.1) is 10.6 Å². The summed E-state index contributed by atoms with van der Waals surface area (Å²) in [5, 5.41) is 10.6. The van der Waals surface area contributed by atoms with Gasteiger partial charge >= 0.3 is 0 Å². The van der Waals surface area contributed by atoms with Gasteiger partial charge in [0, 0.05) is 6.54 Å². The van der Waals surface area contributed by atoms with Crippen LogP contribution in [-0.2, 0) is 0 Å². The number of nitrogens with one attached hydrogen (secondary N) is 1. The van der Waals surface area contributed by atoms with E-state index in [2.05, 4.69) is 0 Å². The van der Waals surface area contributed by atoms with Gasteiger partial charge < -0.3 is 10.4 Å². The Morgan fingerprint density at radius 3 is 2.65 bits per heavy atom. The number of aliphatic hydroxyl groups excluding tert-OH is 1. The lowest BCUT2D eigenvalue weighted by atomic mass is 10.2. The average molecular weight is 268 g/mol. The van der Waals surface area contributed by atoms with Gasteiger partial charge in [0.2, 0.25) is 0 Å². The van der Waals surface area contributed by atoms with Crippen molar-refractivity contribution in [1.29, 1.82) is 0 Å². The van der Waals surface area contributed by atoms with Crippen LogP contribution >= 0.6 is 11.6 Å². The van der Waals surface area contributed by atoms with E-state index in [-0.39, 0.29) is 5.02 Å². The molecule has 94 valence electrons. The molecule has 1 unspecified atom stereocenters. The van der Waals surface area contributed by atoms with Crippen LogP contribution in [0.15, 0.2) is 18.2 Å². The Morgan fingerprint density at radius 2 is 2.12 bits per heavy atom. The van der Waals surface area contributed by atoms with E-state index >= 15 is 0 Å². The highest BCUT2D eigenvalue weighted by Gasteiger charge is 2.20. The highest BCUT2D eigenvalue weighted by atomic mass is 35.5. The number of aliphatic hydroxyl groups is 1. The van der Waals surface area contributed by atoms with Crippen LogP contribution in [0.1, 0.15) is 10.4 Å². The lowest BCUT2D eigenvalue weighted by Crippen LogP contribution is -2.36. The quantitative estimate of drug-likeness (QED) is 0.874. The van der Waals surface area contributed by atoms with Gasteiger partial charge in [-0.2, -0.15) is 0 Å². The Hall–Kier alpha value is -1.27. The van der Waals surface area contributed by atoms with Crippen molar-refractivity contribution in [3.8, 4) is 0 Å². The van der Waals surface area contributed by atoms with E-state index in [1.807, 2.05) is 5.32 Å². The van der Waals surface area contributed by atoms with Crippen LogP contribution in [0.3, 0.4) is 0 Å². The summed E-state index contributed by atoms with van der Waals surface area (Å²) in [5.41, 5.74) is -0.435. The molecule has 1 atom stereocenters.